The van der Waals surface area contributed by atoms with Gasteiger partial charge in [0.05, 0.1) is 0 Å². The van der Waals surface area contributed by atoms with E-state index in [1.54, 1.807) is 0 Å². The quantitative estimate of drug-likeness (QED) is 0.181. The van der Waals surface area contributed by atoms with E-state index < -0.39 is 0 Å². The second-order valence-electron chi connectivity index (χ2n) is 14.5. The first-order valence-electron chi connectivity index (χ1n) is 17.8. The van der Waals surface area contributed by atoms with Crippen molar-refractivity contribution in [3.05, 3.63) is 203 Å². The monoisotopic (exact) mass is 639 g/mol. The number of anilines is 3. The molecule has 0 bridgehead atoms. The van der Waals surface area contributed by atoms with Crippen molar-refractivity contribution in [2.45, 2.75) is 31.6 Å². The Labute approximate surface area is 294 Å². The van der Waals surface area contributed by atoms with Crippen molar-refractivity contribution in [3.8, 4) is 33.4 Å². The normalized spacial score (nSPS) is 17.0. The molecule has 0 aromatic heterocycles. The van der Waals surface area contributed by atoms with Gasteiger partial charge in [-0.25, -0.2) is 0 Å². The summed E-state index contributed by atoms with van der Waals surface area (Å²) < 4.78 is 0. The van der Waals surface area contributed by atoms with Crippen LogP contribution in [0.2, 0.25) is 0 Å². The zero-order chi connectivity index (χ0) is 33.4. The van der Waals surface area contributed by atoms with E-state index in [2.05, 4.69) is 189 Å². The third-order valence-corrected chi connectivity index (χ3v) is 11.4. The van der Waals surface area contributed by atoms with Crippen LogP contribution in [-0.4, -0.2) is 0 Å². The number of rotatable bonds is 5. The molecule has 0 spiro atoms. The van der Waals surface area contributed by atoms with Gasteiger partial charge < -0.3 is 4.90 Å². The van der Waals surface area contributed by atoms with E-state index in [1.165, 1.54) is 72.3 Å². The molecule has 0 saturated heterocycles. The van der Waals surface area contributed by atoms with Gasteiger partial charge in [0.1, 0.15) is 0 Å². The lowest BCUT2D eigenvalue weighted by Gasteiger charge is -2.34. The van der Waals surface area contributed by atoms with Crippen LogP contribution in [0.4, 0.5) is 17.1 Å². The van der Waals surface area contributed by atoms with E-state index in [4.69, 9.17) is 0 Å². The summed E-state index contributed by atoms with van der Waals surface area (Å²) in [5.74, 6) is 0.367. The summed E-state index contributed by atoms with van der Waals surface area (Å²) in [6, 6.07) is 49.2. The summed E-state index contributed by atoms with van der Waals surface area (Å²) in [4.78, 5) is 2.31. The van der Waals surface area contributed by atoms with Crippen molar-refractivity contribution in [2.24, 2.45) is 0 Å². The Hall–Kier alpha value is -5.92. The average Bonchev–Trinajstić information content (AvgIpc) is 3.40. The highest BCUT2D eigenvalue weighted by atomic mass is 15.1. The van der Waals surface area contributed by atoms with Gasteiger partial charge in [-0.15, -0.1) is 0 Å². The molecule has 0 saturated carbocycles. The van der Waals surface area contributed by atoms with Gasteiger partial charge >= 0.3 is 0 Å². The predicted octanol–water partition coefficient (Wildman–Crippen LogP) is 12.9. The van der Waals surface area contributed by atoms with Gasteiger partial charge in [-0.1, -0.05) is 135 Å². The molecule has 238 valence electrons. The van der Waals surface area contributed by atoms with Crippen molar-refractivity contribution in [2.75, 3.05) is 4.90 Å². The third-order valence-electron chi connectivity index (χ3n) is 11.4. The lowest BCUT2D eigenvalue weighted by molar-refractivity contribution is 0.661. The minimum absolute atomic E-state index is 0.116. The number of hydrogen-bond acceptors (Lipinski definition) is 1. The van der Waals surface area contributed by atoms with Crippen LogP contribution in [0, 0.1) is 0 Å². The summed E-state index contributed by atoms with van der Waals surface area (Å²) in [7, 11) is 0. The lowest BCUT2D eigenvalue weighted by Crippen LogP contribution is -2.18. The predicted molar refractivity (Wildman–Crippen MR) is 210 cm³/mol. The van der Waals surface area contributed by atoms with Crippen molar-refractivity contribution >= 4 is 23.1 Å². The molecule has 1 heteroatoms. The molecule has 0 heterocycles. The Kier molecular flexibility index (Phi) is 6.42. The second-order valence-corrected chi connectivity index (χ2v) is 14.5. The van der Waals surface area contributed by atoms with Gasteiger partial charge in [0, 0.05) is 28.4 Å². The first-order chi connectivity index (χ1) is 24.5. The molecule has 0 N–H and O–H groups in total. The van der Waals surface area contributed by atoms with Crippen LogP contribution < -0.4 is 4.90 Å². The number of para-hydroxylation sites is 2. The van der Waals surface area contributed by atoms with Gasteiger partial charge in [-0.3, -0.25) is 0 Å². The fraction of sp³-hybridized carbons (Fsp3) is 0.102. The van der Waals surface area contributed by atoms with Gasteiger partial charge in [0.2, 0.25) is 0 Å². The number of benzene rings is 6. The SMILES string of the molecule is CC1(C)c2cc(-c3ccc(N(c4ccccc4)c4ccccc4)cc3)ccc2-c2ccc(-c3ccc4c5c3C=CC3=CC=CC(=CC4)C35)cc21. The minimum atomic E-state index is -0.116. The van der Waals surface area contributed by atoms with Crippen molar-refractivity contribution < 1.29 is 0 Å². The average molecular weight is 640 g/mol. The highest BCUT2D eigenvalue weighted by Crippen LogP contribution is 2.52. The number of allylic oxidation sites excluding steroid dienone is 7. The Morgan fingerprint density at radius 3 is 1.84 bits per heavy atom. The maximum atomic E-state index is 2.48. The molecule has 0 fully saturated rings. The van der Waals surface area contributed by atoms with E-state index in [0.29, 0.717) is 5.92 Å². The summed E-state index contributed by atoms with van der Waals surface area (Å²) in [5, 5.41) is 0. The molecule has 1 atom stereocenters. The zero-order valence-electron chi connectivity index (χ0n) is 28.4. The summed E-state index contributed by atoms with van der Waals surface area (Å²) in [6.07, 6.45) is 14.9. The molecule has 0 radical (unpaired) electrons. The van der Waals surface area contributed by atoms with E-state index >= 15 is 0 Å². The third kappa shape index (κ3) is 4.40. The van der Waals surface area contributed by atoms with E-state index in [-0.39, 0.29) is 5.41 Å². The van der Waals surface area contributed by atoms with Crippen molar-refractivity contribution in [1.82, 2.24) is 0 Å². The Morgan fingerprint density at radius 2 is 1.14 bits per heavy atom. The standard InChI is InChI=1S/C49H37N/c1-49(2)45-30-36(32-18-24-40(25-19-32)50(38-12-5-3-6-13-38)39-14-7-4-8-15-39)22-27-42(45)43-28-23-37(31-46(43)49)41-26-20-35-17-16-33-10-9-11-34-21-29-44(41)48(35)47(33)34/h3-16,18-31,47H,17H2,1-2H3. The molecule has 1 nitrogen and oxygen atoms in total. The van der Waals surface area contributed by atoms with Crippen LogP contribution in [-0.2, 0) is 11.8 Å². The topological polar surface area (TPSA) is 3.24 Å². The van der Waals surface area contributed by atoms with Gasteiger partial charge in [-0.2, -0.15) is 0 Å². The number of fused-ring (bicyclic) bond motifs is 3. The van der Waals surface area contributed by atoms with Crippen LogP contribution in [0.3, 0.4) is 0 Å². The van der Waals surface area contributed by atoms with Gasteiger partial charge in [0.25, 0.3) is 0 Å². The number of hydrogen-bond donors (Lipinski definition) is 0. The highest BCUT2D eigenvalue weighted by Gasteiger charge is 2.37. The Bertz CT molecular complexity index is 2410. The zero-order valence-corrected chi connectivity index (χ0v) is 28.4. The van der Waals surface area contributed by atoms with Crippen LogP contribution >= 0.6 is 0 Å². The first-order valence-corrected chi connectivity index (χ1v) is 17.8. The molecule has 0 amide bonds. The molecule has 6 aromatic carbocycles. The van der Waals surface area contributed by atoms with Crippen LogP contribution in [0.5, 0.6) is 0 Å². The van der Waals surface area contributed by atoms with Gasteiger partial charge in [-0.05, 0) is 127 Å². The van der Waals surface area contributed by atoms with E-state index in [0.717, 1.165) is 23.5 Å². The van der Waals surface area contributed by atoms with Crippen LogP contribution in [0.25, 0.3) is 39.5 Å². The Morgan fingerprint density at radius 1 is 0.540 bits per heavy atom. The molecule has 1 unspecified atom stereocenters. The maximum absolute atomic E-state index is 2.48. The van der Waals surface area contributed by atoms with E-state index in [1.807, 2.05) is 0 Å². The summed E-state index contributed by atoms with van der Waals surface area (Å²) >= 11 is 0. The van der Waals surface area contributed by atoms with E-state index in [9.17, 15) is 0 Å². The lowest BCUT2D eigenvalue weighted by atomic mass is 9.70. The smallest absolute Gasteiger partial charge is 0.0462 e. The molecule has 4 aliphatic rings. The van der Waals surface area contributed by atoms with Crippen LogP contribution in [0.1, 0.15) is 47.6 Å². The molecule has 50 heavy (non-hydrogen) atoms. The second kappa shape index (κ2) is 11.1. The molecule has 6 aromatic rings. The molecule has 10 rings (SSSR count). The highest BCUT2D eigenvalue weighted by molar-refractivity contribution is 5.89. The largest absolute Gasteiger partial charge is 0.311 e. The van der Waals surface area contributed by atoms with Crippen molar-refractivity contribution in [3.63, 3.8) is 0 Å². The number of nitrogens with zero attached hydrogens (tertiary/aromatic N) is 1. The maximum Gasteiger partial charge on any atom is 0.0462 e. The first kappa shape index (κ1) is 29.0. The molecule has 4 aliphatic carbocycles. The minimum Gasteiger partial charge on any atom is -0.311 e. The van der Waals surface area contributed by atoms with Crippen LogP contribution in [0.15, 0.2) is 175 Å². The van der Waals surface area contributed by atoms with Gasteiger partial charge in [0.15, 0.2) is 0 Å². The summed E-state index contributed by atoms with van der Waals surface area (Å²) in [5.41, 5.74) is 21.2. The fourth-order valence-electron chi connectivity index (χ4n) is 8.85. The molecular weight excluding hydrogens is 603 g/mol. The fourth-order valence-corrected chi connectivity index (χ4v) is 8.85. The van der Waals surface area contributed by atoms with Crippen molar-refractivity contribution in [1.29, 1.82) is 0 Å². The Balaban J connectivity index is 0.997. The molecular formula is C49H37N. The molecule has 0 aliphatic heterocycles. The summed E-state index contributed by atoms with van der Waals surface area (Å²) in [6.45, 7) is 4.79.